The fourth-order valence-electron chi connectivity index (χ4n) is 5.24. The van der Waals surface area contributed by atoms with Gasteiger partial charge in [0.2, 0.25) is 5.91 Å². The van der Waals surface area contributed by atoms with E-state index in [9.17, 15) is 14.4 Å². The van der Waals surface area contributed by atoms with E-state index in [2.05, 4.69) is 4.98 Å². The van der Waals surface area contributed by atoms with E-state index < -0.39 is 5.41 Å². The number of carbonyl (C=O) groups is 1. The number of nitrogens with zero attached hydrogens (tertiary/aromatic N) is 2. The molecule has 1 N–H and O–H groups in total. The largest absolute Gasteiger partial charge is 0.381 e. The van der Waals surface area contributed by atoms with E-state index in [1.807, 2.05) is 35.2 Å². The zero-order chi connectivity index (χ0) is 22.1. The highest BCUT2D eigenvalue weighted by Crippen LogP contribution is 2.38. The van der Waals surface area contributed by atoms with Gasteiger partial charge in [-0.25, -0.2) is 4.79 Å². The van der Waals surface area contributed by atoms with Gasteiger partial charge in [0, 0.05) is 32.3 Å². The van der Waals surface area contributed by atoms with Crippen LogP contribution in [-0.2, 0) is 14.9 Å². The van der Waals surface area contributed by atoms with Crippen LogP contribution >= 0.6 is 0 Å². The van der Waals surface area contributed by atoms with Gasteiger partial charge in [-0.2, -0.15) is 0 Å². The molecule has 166 valence electrons. The molecule has 2 fully saturated rings. The van der Waals surface area contributed by atoms with E-state index in [4.69, 9.17) is 4.74 Å². The van der Waals surface area contributed by atoms with Crippen molar-refractivity contribution >= 4 is 16.8 Å². The molecule has 3 heterocycles. The van der Waals surface area contributed by atoms with E-state index in [0.717, 1.165) is 5.56 Å². The molecule has 0 saturated carbocycles. The van der Waals surface area contributed by atoms with Crippen LogP contribution in [0.4, 0.5) is 0 Å². The van der Waals surface area contributed by atoms with E-state index >= 15 is 0 Å². The average molecular weight is 434 g/mol. The third-order valence-electron chi connectivity index (χ3n) is 7.04. The zero-order valence-electron chi connectivity index (χ0n) is 18.0. The normalized spacial score (nSPS) is 19.2. The lowest BCUT2D eigenvalue weighted by Crippen LogP contribution is -2.53. The Bertz CT molecular complexity index is 1230. The molecule has 2 aliphatic heterocycles. The molecule has 1 amide bonds. The molecular formula is C25H27N3O4. The second-order valence-electron chi connectivity index (χ2n) is 8.73. The Balaban J connectivity index is 1.39. The summed E-state index contributed by atoms with van der Waals surface area (Å²) in [4.78, 5) is 44.2. The van der Waals surface area contributed by atoms with Crippen LogP contribution in [0.3, 0.4) is 0 Å². The summed E-state index contributed by atoms with van der Waals surface area (Å²) in [6.07, 6.45) is 2.49. The number of aromatic amines is 1. The molecule has 0 aliphatic carbocycles. The molecule has 2 saturated heterocycles. The summed E-state index contributed by atoms with van der Waals surface area (Å²) < 4.78 is 6.91. The SMILES string of the molecule is O=C(N1CCC(n2c(=O)[nH]c3ccccc3c2=O)CC1)C1(c2ccccc2)CCOCC1. The first-order valence-electron chi connectivity index (χ1n) is 11.3. The Morgan fingerprint density at radius 2 is 1.59 bits per heavy atom. The molecule has 2 aromatic carbocycles. The van der Waals surface area contributed by atoms with Crippen LogP contribution in [0.15, 0.2) is 64.2 Å². The summed E-state index contributed by atoms with van der Waals surface area (Å²) in [6.45, 7) is 2.19. The Hall–Kier alpha value is -3.19. The topological polar surface area (TPSA) is 84.4 Å². The van der Waals surface area contributed by atoms with Gasteiger partial charge in [0.25, 0.3) is 5.56 Å². The number of hydrogen-bond acceptors (Lipinski definition) is 4. The van der Waals surface area contributed by atoms with Crippen LogP contribution < -0.4 is 11.2 Å². The third-order valence-corrected chi connectivity index (χ3v) is 7.04. The Morgan fingerprint density at radius 3 is 2.31 bits per heavy atom. The summed E-state index contributed by atoms with van der Waals surface area (Å²) in [5.74, 6) is 0.130. The minimum atomic E-state index is -0.566. The molecule has 7 heteroatoms. The standard InChI is InChI=1S/C25H27N3O4/c29-22-20-8-4-5-9-21(20)26-24(31)28(22)19-10-14-27(15-11-19)23(30)25(12-16-32-17-13-25)18-6-2-1-3-7-18/h1-9,19H,10-17H2,(H,26,31). The maximum absolute atomic E-state index is 13.8. The number of benzene rings is 2. The Morgan fingerprint density at radius 1 is 0.938 bits per heavy atom. The number of hydrogen-bond donors (Lipinski definition) is 1. The van der Waals surface area contributed by atoms with Gasteiger partial charge >= 0.3 is 5.69 Å². The van der Waals surface area contributed by atoms with Crippen molar-refractivity contribution in [2.45, 2.75) is 37.1 Å². The number of nitrogens with one attached hydrogen (secondary N) is 1. The lowest BCUT2D eigenvalue weighted by molar-refractivity contribution is -0.142. The second-order valence-corrected chi connectivity index (χ2v) is 8.73. The van der Waals surface area contributed by atoms with Crippen LogP contribution in [0, 0.1) is 0 Å². The lowest BCUT2D eigenvalue weighted by atomic mass is 9.72. The van der Waals surface area contributed by atoms with Crippen LogP contribution in [-0.4, -0.2) is 46.7 Å². The molecule has 5 rings (SSSR count). The Labute approximate surface area is 185 Å². The van der Waals surface area contributed by atoms with Crippen molar-refractivity contribution in [1.82, 2.24) is 14.5 Å². The van der Waals surface area contributed by atoms with Crippen LogP contribution in [0.25, 0.3) is 10.9 Å². The number of likely N-dealkylation sites (tertiary alicyclic amines) is 1. The first-order chi connectivity index (χ1) is 15.6. The fourth-order valence-corrected chi connectivity index (χ4v) is 5.24. The molecule has 32 heavy (non-hydrogen) atoms. The van der Waals surface area contributed by atoms with Crippen molar-refractivity contribution in [1.29, 1.82) is 0 Å². The monoisotopic (exact) mass is 433 g/mol. The van der Waals surface area contributed by atoms with Crippen LogP contribution in [0.5, 0.6) is 0 Å². The van der Waals surface area contributed by atoms with Crippen LogP contribution in [0.2, 0.25) is 0 Å². The van der Waals surface area contributed by atoms with E-state index in [1.54, 1.807) is 24.3 Å². The molecule has 1 aromatic heterocycles. The van der Waals surface area contributed by atoms with Gasteiger partial charge in [-0.05, 0) is 43.4 Å². The van der Waals surface area contributed by atoms with E-state index in [1.165, 1.54) is 4.57 Å². The summed E-state index contributed by atoms with van der Waals surface area (Å²) in [5, 5.41) is 0.510. The molecule has 3 aromatic rings. The molecule has 0 atom stereocenters. The van der Waals surface area contributed by atoms with E-state index in [-0.39, 0.29) is 23.2 Å². The number of amides is 1. The van der Waals surface area contributed by atoms with Crippen molar-refractivity contribution in [2.75, 3.05) is 26.3 Å². The molecular weight excluding hydrogens is 406 g/mol. The number of para-hydroxylation sites is 1. The van der Waals surface area contributed by atoms with E-state index in [0.29, 0.717) is 62.9 Å². The molecule has 0 spiro atoms. The first-order valence-corrected chi connectivity index (χ1v) is 11.3. The second kappa shape index (κ2) is 8.39. The van der Waals surface area contributed by atoms with Crippen molar-refractivity contribution in [3.63, 3.8) is 0 Å². The molecule has 0 bridgehead atoms. The maximum atomic E-state index is 13.8. The van der Waals surface area contributed by atoms with Gasteiger partial charge in [0.05, 0.1) is 16.3 Å². The number of fused-ring (bicyclic) bond motifs is 1. The number of piperidine rings is 1. The van der Waals surface area contributed by atoms with Gasteiger partial charge < -0.3 is 14.6 Å². The fraction of sp³-hybridized carbons (Fsp3) is 0.400. The van der Waals surface area contributed by atoms with Gasteiger partial charge in [0.1, 0.15) is 0 Å². The summed E-state index contributed by atoms with van der Waals surface area (Å²) in [6, 6.07) is 16.8. The molecule has 0 radical (unpaired) electrons. The van der Waals surface area contributed by atoms with Gasteiger partial charge in [0.15, 0.2) is 0 Å². The summed E-state index contributed by atoms with van der Waals surface area (Å²) >= 11 is 0. The van der Waals surface area contributed by atoms with Gasteiger partial charge in [-0.15, -0.1) is 0 Å². The minimum Gasteiger partial charge on any atom is -0.381 e. The van der Waals surface area contributed by atoms with Crippen molar-refractivity contribution in [2.24, 2.45) is 0 Å². The number of aromatic nitrogens is 2. The number of carbonyl (C=O) groups excluding carboxylic acids is 1. The van der Waals surface area contributed by atoms with Gasteiger partial charge in [-0.3, -0.25) is 14.2 Å². The minimum absolute atomic E-state index is 0.130. The molecule has 2 aliphatic rings. The first kappa shape index (κ1) is 20.7. The highest BCUT2D eigenvalue weighted by molar-refractivity contribution is 5.88. The maximum Gasteiger partial charge on any atom is 0.329 e. The quantitative estimate of drug-likeness (QED) is 0.688. The molecule has 7 nitrogen and oxygen atoms in total. The predicted octanol–water partition coefficient (Wildman–Crippen LogP) is 2.60. The highest BCUT2D eigenvalue weighted by Gasteiger charge is 2.44. The summed E-state index contributed by atoms with van der Waals surface area (Å²) in [5.41, 5.74) is 0.375. The van der Waals surface area contributed by atoms with Gasteiger partial charge in [-0.1, -0.05) is 42.5 Å². The smallest absolute Gasteiger partial charge is 0.329 e. The predicted molar refractivity (Wildman–Crippen MR) is 122 cm³/mol. The van der Waals surface area contributed by atoms with Crippen molar-refractivity contribution < 1.29 is 9.53 Å². The lowest BCUT2D eigenvalue weighted by Gasteiger charge is -2.42. The summed E-state index contributed by atoms with van der Waals surface area (Å²) in [7, 11) is 0. The van der Waals surface area contributed by atoms with Crippen molar-refractivity contribution in [3.8, 4) is 0 Å². The van der Waals surface area contributed by atoms with Crippen LogP contribution in [0.1, 0.15) is 37.3 Å². The van der Waals surface area contributed by atoms with Crippen molar-refractivity contribution in [3.05, 3.63) is 81.0 Å². The Kier molecular flexibility index (Phi) is 5.43. The molecule has 0 unspecified atom stereocenters. The number of rotatable bonds is 3. The highest BCUT2D eigenvalue weighted by atomic mass is 16.5. The number of H-pyrrole nitrogens is 1. The zero-order valence-corrected chi connectivity index (χ0v) is 18.0. The average Bonchev–Trinajstić information content (AvgIpc) is 2.85. The third kappa shape index (κ3) is 3.46. The number of ether oxygens (including phenoxy) is 1.